The van der Waals surface area contributed by atoms with Crippen molar-refractivity contribution in [2.45, 2.75) is 39.7 Å². The minimum Gasteiger partial charge on any atom is -0.496 e. The summed E-state index contributed by atoms with van der Waals surface area (Å²) in [7, 11) is 3.15. The first kappa shape index (κ1) is 24.4. The molecule has 2 aromatic heterocycles. The van der Waals surface area contributed by atoms with E-state index in [9.17, 15) is 9.59 Å². The van der Waals surface area contributed by atoms with Crippen molar-refractivity contribution in [3.63, 3.8) is 0 Å². The van der Waals surface area contributed by atoms with E-state index >= 15 is 0 Å². The molecule has 0 saturated heterocycles. The molecule has 1 aliphatic rings. The van der Waals surface area contributed by atoms with Crippen LogP contribution in [0, 0.1) is 6.92 Å². The second kappa shape index (κ2) is 10.7. The molecule has 182 valence electrons. The predicted molar refractivity (Wildman–Crippen MR) is 134 cm³/mol. The Hall–Kier alpha value is -3.72. The van der Waals surface area contributed by atoms with Crippen LogP contribution in [0.15, 0.2) is 41.6 Å². The molecule has 0 atom stereocenters. The zero-order valence-corrected chi connectivity index (χ0v) is 21.0. The van der Waals surface area contributed by atoms with Gasteiger partial charge in [-0.2, -0.15) is 0 Å². The van der Waals surface area contributed by atoms with E-state index in [1.807, 2.05) is 37.4 Å². The molecule has 0 aliphatic carbocycles. The number of cyclic esters (lactones) is 1. The third-order valence-corrected chi connectivity index (χ3v) is 6.72. The molecule has 3 aromatic rings. The van der Waals surface area contributed by atoms with Gasteiger partial charge in [0.25, 0.3) is 0 Å². The van der Waals surface area contributed by atoms with E-state index in [1.54, 1.807) is 26.6 Å². The minimum atomic E-state index is -0.379. The predicted octanol–water partition coefficient (Wildman–Crippen LogP) is 5.11. The van der Waals surface area contributed by atoms with Crippen LogP contribution in [0.3, 0.4) is 0 Å². The van der Waals surface area contributed by atoms with Crippen molar-refractivity contribution in [3.8, 4) is 22.8 Å². The highest BCUT2D eigenvalue weighted by Crippen LogP contribution is 2.42. The normalized spacial score (nSPS) is 12.8. The summed E-state index contributed by atoms with van der Waals surface area (Å²) in [6.45, 7) is 4.12. The van der Waals surface area contributed by atoms with Crippen LogP contribution in [0.25, 0.3) is 11.3 Å². The molecule has 3 heterocycles. The van der Waals surface area contributed by atoms with Gasteiger partial charge in [0.05, 0.1) is 19.9 Å². The van der Waals surface area contributed by atoms with Crippen LogP contribution in [0.1, 0.15) is 46.8 Å². The molecule has 0 bridgehead atoms. The summed E-state index contributed by atoms with van der Waals surface area (Å²) in [6, 6.07) is 3.76. The number of fused-ring (bicyclic) bond motifs is 1. The number of anilines is 1. The fourth-order valence-corrected chi connectivity index (χ4v) is 4.83. The number of aromatic nitrogens is 2. The Labute approximate surface area is 208 Å². The number of thiazole rings is 1. The first-order valence-corrected chi connectivity index (χ1v) is 12.1. The van der Waals surface area contributed by atoms with Crippen LogP contribution in [0.2, 0.25) is 0 Å². The van der Waals surface area contributed by atoms with Crippen LogP contribution >= 0.6 is 11.3 Å². The number of carbonyl (C=O) groups excluding carboxylic acids is 2. The molecule has 1 amide bonds. The van der Waals surface area contributed by atoms with Gasteiger partial charge in [0.2, 0.25) is 5.91 Å². The summed E-state index contributed by atoms with van der Waals surface area (Å²) in [4.78, 5) is 33.3. The molecule has 1 N–H and O–H groups in total. The fourth-order valence-electron chi connectivity index (χ4n) is 4.09. The van der Waals surface area contributed by atoms with Crippen LogP contribution in [0.4, 0.5) is 5.13 Å². The van der Waals surface area contributed by atoms with Gasteiger partial charge in [0.15, 0.2) is 5.13 Å². The Morgan fingerprint density at radius 2 is 1.94 bits per heavy atom. The van der Waals surface area contributed by atoms with E-state index in [0.717, 1.165) is 33.5 Å². The smallest absolute Gasteiger partial charge is 0.342 e. The Bertz CT molecular complexity index is 1280. The van der Waals surface area contributed by atoms with Crippen molar-refractivity contribution in [2.24, 2.45) is 0 Å². The second-order valence-electron chi connectivity index (χ2n) is 8.18. The number of pyridine rings is 1. The van der Waals surface area contributed by atoms with E-state index in [1.165, 1.54) is 11.3 Å². The molecular weight excluding hydrogens is 466 g/mol. The molecule has 9 heteroatoms. The molecule has 35 heavy (non-hydrogen) atoms. The van der Waals surface area contributed by atoms with Crippen molar-refractivity contribution in [1.82, 2.24) is 9.97 Å². The highest BCUT2D eigenvalue weighted by molar-refractivity contribution is 7.14. The zero-order chi connectivity index (χ0) is 24.9. The monoisotopic (exact) mass is 493 g/mol. The number of allylic oxidation sites excluding steroid dienone is 2. The highest BCUT2D eigenvalue weighted by Gasteiger charge is 2.32. The maximum absolute atomic E-state index is 12.5. The van der Waals surface area contributed by atoms with Gasteiger partial charge in [0, 0.05) is 40.9 Å². The van der Waals surface area contributed by atoms with Gasteiger partial charge in [-0.15, -0.1) is 11.3 Å². The number of benzene rings is 1. The maximum Gasteiger partial charge on any atom is 0.342 e. The van der Waals surface area contributed by atoms with E-state index in [2.05, 4.69) is 15.3 Å². The van der Waals surface area contributed by atoms with Gasteiger partial charge in [-0.1, -0.05) is 11.6 Å². The largest absolute Gasteiger partial charge is 0.496 e. The van der Waals surface area contributed by atoms with Gasteiger partial charge in [-0.3, -0.25) is 9.78 Å². The lowest BCUT2D eigenvalue weighted by Gasteiger charge is -2.18. The number of hydrogen-bond donors (Lipinski definition) is 1. The number of hydrogen-bond acceptors (Lipinski definition) is 8. The van der Waals surface area contributed by atoms with E-state index in [0.29, 0.717) is 41.5 Å². The molecule has 8 nitrogen and oxygen atoms in total. The summed E-state index contributed by atoms with van der Waals surface area (Å²) in [5.41, 5.74) is 5.75. The van der Waals surface area contributed by atoms with Crippen LogP contribution < -0.4 is 14.8 Å². The number of ether oxygens (including phenoxy) is 3. The molecule has 1 aliphatic heterocycles. The number of amides is 1. The summed E-state index contributed by atoms with van der Waals surface area (Å²) < 4.78 is 16.5. The minimum absolute atomic E-state index is 0.0975. The van der Waals surface area contributed by atoms with Crippen LogP contribution in [-0.2, 0) is 22.6 Å². The van der Waals surface area contributed by atoms with Gasteiger partial charge in [-0.05, 0) is 44.4 Å². The molecule has 0 spiro atoms. The average molecular weight is 494 g/mol. The molecule has 0 unspecified atom stereocenters. The number of carbonyl (C=O) groups is 2. The Morgan fingerprint density at radius 3 is 2.66 bits per heavy atom. The second-order valence-corrected chi connectivity index (χ2v) is 9.03. The van der Waals surface area contributed by atoms with Crippen LogP contribution in [0.5, 0.6) is 11.5 Å². The summed E-state index contributed by atoms with van der Waals surface area (Å²) in [5, 5.41) is 5.35. The first-order chi connectivity index (χ1) is 16.9. The summed E-state index contributed by atoms with van der Waals surface area (Å²) >= 11 is 1.39. The summed E-state index contributed by atoms with van der Waals surface area (Å²) in [5.74, 6) is 0.699. The Kier molecular flexibility index (Phi) is 7.45. The molecule has 1 aromatic carbocycles. The van der Waals surface area contributed by atoms with Gasteiger partial charge >= 0.3 is 5.97 Å². The van der Waals surface area contributed by atoms with Gasteiger partial charge in [-0.25, -0.2) is 9.78 Å². The lowest BCUT2D eigenvalue weighted by Crippen LogP contribution is -2.11. The fraction of sp³-hybridized carbons (Fsp3) is 0.308. The molecule has 0 fully saturated rings. The van der Waals surface area contributed by atoms with E-state index in [4.69, 9.17) is 14.2 Å². The molecular formula is C26H27N3O5S. The van der Waals surface area contributed by atoms with E-state index < -0.39 is 0 Å². The van der Waals surface area contributed by atoms with E-state index in [-0.39, 0.29) is 18.5 Å². The van der Waals surface area contributed by atoms with Crippen molar-refractivity contribution in [2.75, 3.05) is 19.5 Å². The summed E-state index contributed by atoms with van der Waals surface area (Å²) in [6.07, 6.45) is 6.88. The Morgan fingerprint density at radius 1 is 1.20 bits per heavy atom. The zero-order valence-electron chi connectivity index (χ0n) is 20.1. The van der Waals surface area contributed by atoms with Crippen molar-refractivity contribution in [3.05, 3.63) is 63.8 Å². The molecule has 0 saturated carbocycles. The number of rotatable bonds is 9. The first-order valence-electron chi connectivity index (χ1n) is 11.2. The average Bonchev–Trinajstić information content (AvgIpc) is 3.49. The standard InChI is InChI=1S/C26H27N3O5S/c1-15(6-8-21(30)29-26-28-20(14-35-26)17-9-11-27-12-10-17)5-7-18-23(32-3)16(2)19-13-34-25(31)22(19)24(18)33-4/h5,9-12,14H,6-8,13H2,1-4H3,(H,28,29,30). The van der Waals surface area contributed by atoms with Crippen LogP contribution in [-0.4, -0.2) is 36.1 Å². The number of nitrogens with zero attached hydrogens (tertiary/aromatic N) is 2. The molecule has 4 rings (SSSR count). The van der Waals surface area contributed by atoms with Gasteiger partial charge < -0.3 is 19.5 Å². The highest BCUT2D eigenvalue weighted by atomic mass is 32.1. The quantitative estimate of drug-likeness (QED) is 0.327. The Balaban J connectivity index is 1.40. The topological polar surface area (TPSA) is 99.6 Å². The number of methoxy groups -OCH3 is 2. The maximum atomic E-state index is 12.5. The third kappa shape index (κ3) is 5.19. The SMILES string of the molecule is COc1c(C)c2c(c(OC)c1CC=C(C)CCC(=O)Nc1nc(-c3ccncc3)cs1)C(=O)OC2. The van der Waals surface area contributed by atoms with Crippen molar-refractivity contribution >= 4 is 28.3 Å². The lowest BCUT2D eigenvalue weighted by molar-refractivity contribution is -0.116. The van der Waals surface area contributed by atoms with Crippen molar-refractivity contribution < 1.29 is 23.8 Å². The van der Waals surface area contributed by atoms with Crippen molar-refractivity contribution in [1.29, 1.82) is 0 Å². The lowest BCUT2D eigenvalue weighted by atomic mass is 9.94. The number of nitrogens with one attached hydrogen (secondary N) is 1. The third-order valence-electron chi connectivity index (χ3n) is 5.96. The number of esters is 1. The van der Waals surface area contributed by atoms with Gasteiger partial charge in [0.1, 0.15) is 23.7 Å². The molecule has 0 radical (unpaired) electrons.